The molecular formula is C12H16ClNS2. The van der Waals surface area contributed by atoms with Crippen LogP contribution < -0.4 is 5.32 Å². The van der Waals surface area contributed by atoms with Crippen LogP contribution in [0.3, 0.4) is 0 Å². The summed E-state index contributed by atoms with van der Waals surface area (Å²) in [6, 6.07) is 6.72. The second-order valence-corrected chi connectivity index (χ2v) is 6.29. The van der Waals surface area contributed by atoms with Gasteiger partial charge in [0, 0.05) is 23.2 Å². The van der Waals surface area contributed by atoms with Crippen LogP contribution in [0.15, 0.2) is 23.1 Å². The Hall–Kier alpha value is 0.170. The van der Waals surface area contributed by atoms with Crippen molar-refractivity contribution in [2.24, 2.45) is 0 Å². The first-order valence-electron chi connectivity index (χ1n) is 5.46. The van der Waals surface area contributed by atoms with E-state index in [1.54, 1.807) is 0 Å². The molecule has 1 atom stereocenters. The number of rotatable bonds is 4. The van der Waals surface area contributed by atoms with Crippen molar-refractivity contribution >= 4 is 35.1 Å². The Morgan fingerprint density at radius 3 is 3.25 bits per heavy atom. The normalized spacial score (nSPS) is 19.5. The molecule has 0 radical (unpaired) electrons. The molecule has 1 aromatic rings. The van der Waals surface area contributed by atoms with Gasteiger partial charge in [0.1, 0.15) is 0 Å². The molecule has 1 aliphatic heterocycles. The van der Waals surface area contributed by atoms with Crippen molar-refractivity contribution in [3.8, 4) is 0 Å². The van der Waals surface area contributed by atoms with Crippen LogP contribution in [-0.4, -0.2) is 24.3 Å². The Balaban J connectivity index is 2.10. The van der Waals surface area contributed by atoms with Gasteiger partial charge in [0.2, 0.25) is 0 Å². The lowest BCUT2D eigenvalue weighted by Gasteiger charge is -2.26. The summed E-state index contributed by atoms with van der Waals surface area (Å²) in [7, 11) is 0. The smallest absolute Gasteiger partial charge is 0.0545 e. The van der Waals surface area contributed by atoms with E-state index in [9.17, 15) is 0 Å². The highest BCUT2D eigenvalue weighted by atomic mass is 35.5. The summed E-state index contributed by atoms with van der Waals surface area (Å²) in [4.78, 5) is 1.28. The van der Waals surface area contributed by atoms with Gasteiger partial charge in [-0.25, -0.2) is 0 Å². The molecule has 0 aliphatic carbocycles. The Bertz CT molecular complexity index is 357. The van der Waals surface area contributed by atoms with E-state index < -0.39 is 0 Å². The number of hydrogen-bond acceptors (Lipinski definition) is 3. The highest BCUT2D eigenvalue weighted by Crippen LogP contribution is 2.40. The fraction of sp³-hybridized carbons (Fsp3) is 0.500. The zero-order valence-corrected chi connectivity index (χ0v) is 11.7. The first-order valence-corrected chi connectivity index (χ1v) is 8.22. The lowest BCUT2D eigenvalue weighted by molar-refractivity contribution is 0.530. The number of hydrogen-bond donors (Lipinski definition) is 1. The molecule has 2 rings (SSSR count). The van der Waals surface area contributed by atoms with Crippen molar-refractivity contribution in [3.05, 3.63) is 28.8 Å². The average Bonchev–Trinajstić information content (AvgIpc) is 2.31. The van der Waals surface area contributed by atoms with Gasteiger partial charge in [-0.3, -0.25) is 0 Å². The topological polar surface area (TPSA) is 12.0 Å². The second kappa shape index (κ2) is 6.20. The highest BCUT2D eigenvalue weighted by Gasteiger charge is 2.21. The summed E-state index contributed by atoms with van der Waals surface area (Å²) in [6.45, 7) is 1.07. The molecule has 0 spiro atoms. The fourth-order valence-corrected chi connectivity index (χ4v) is 3.74. The minimum Gasteiger partial charge on any atom is -0.309 e. The van der Waals surface area contributed by atoms with Gasteiger partial charge in [-0.05, 0) is 30.1 Å². The molecule has 16 heavy (non-hydrogen) atoms. The van der Waals surface area contributed by atoms with Gasteiger partial charge >= 0.3 is 0 Å². The molecule has 1 aliphatic rings. The minimum atomic E-state index is 0.488. The van der Waals surface area contributed by atoms with Crippen LogP contribution >= 0.6 is 35.1 Å². The summed E-state index contributed by atoms with van der Waals surface area (Å²) in [5, 5.41) is 4.51. The second-order valence-electron chi connectivity index (χ2n) is 3.79. The summed E-state index contributed by atoms with van der Waals surface area (Å²) in [6.07, 6.45) is 3.34. The van der Waals surface area contributed by atoms with Gasteiger partial charge < -0.3 is 5.32 Å². The highest BCUT2D eigenvalue weighted by molar-refractivity contribution is 7.99. The van der Waals surface area contributed by atoms with Crippen LogP contribution in [0.4, 0.5) is 0 Å². The zero-order valence-electron chi connectivity index (χ0n) is 9.33. The minimum absolute atomic E-state index is 0.488. The van der Waals surface area contributed by atoms with Crippen molar-refractivity contribution < 1.29 is 0 Å². The van der Waals surface area contributed by atoms with Gasteiger partial charge in [0.25, 0.3) is 0 Å². The van der Waals surface area contributed by atoms with Crippen molar-refractivity contribution in [1.82, 2.24) is 5.32 Å². The van der Waals surface area contributed by atoms with E-state index >= 15 is 0 Å². The SMILES string of the molecule is CSCCNC1CCSc2c(Cl)cccc21. The lowest BCUT2D eigenvalue weighted by atomic mass is 10.0. The van der Waals surface area contributed by atoms with Crippen LogP contribution in [0.2, 0.25) is 5.02 Å². The third-order valence-electron chi connectivity index (χ3n) is 2.72. The number of nitrogens with one attached hydrogen (secondary N) is 1. The molecule has 0 bridgehead atoms. The maximum Gasteiger partial charge on any atom is 0.0545 e. The van der Waals surface area contributed by atoms with Crippen molar-refractivity contribution in [3.63, 3.8) is 0 Å². The van der Waals surface area contributed by atoms with Gasteiger partial charge in [-0.2, -0.15) is 11.8 Å². The van der Waals surface area contributed by atoms with E-state index in [1.165, 1.54) is 22.6 Å². The van der Waals surface area contributed by atoms with Crippen LogP contribution in [0.1, 0.15) is 18.0 Å². The molecule has 0 aromatic heterocycles. The van der Waals surface area contributed by atoms with Crippen LogP contribution in [0.5, 0.6) is 0 Å². The van der Waals surface area contributed by atoms with Crippen LogP contribution in [0.25, 0.3) is 0 Å². The van der Waals surface area contributed by atoms with Crippen molar-refractivity contribution in [1.29, 1.82) is 0 Å². The molecule has 1 N–H and O–H groups in total. The first kappa shape index (κ1) is 12.6. The molecule has 4 heteroatoms. The average molecular weight is 274 g/mol. The van der Waals surface area contributed by atoms with E-state index in [0.29, 0.717) is 6.04 Å². The summed E-state index contributed by atoms with van der Waals surface area (Å²) >= 11 is 9.98. The maximum atomic E-state index is 6.22. The zero-order chi connectivity index (χ0) is 11.4. The predicted molar refractivity (Wildman–Crippen MR) is 75.9 cm³/mol. The molecule has 1 aromatic carbocycles. The molecule has 88 valence electrons. The number of benzene rings is 1. The van der Waals surface area contributed by atoms with Gasteiger partial charge in [0.05, 0.1) is 5.02 Å². The van der Waals surface area contributed by atoms with E-state index in [0.717, 1.165) is 17.3 Å². The number of fused-ring (bicyclic) bond motifs is 1. The predicted octanol–water partition coefficient (Wildman–Crippen LogP) is 3.83. The number of halogens is 1. The summed E-state index contributed by atoms with van der Waals surface area (Å²) in [5.74, 6) is 2.33. The largest absolute Gasteiger partial charge is 0.309 e. The van der Waals surface area contributed by atoms with E-state index in [4.69, 9.17) is 11.6 Å². The summed E-state index contributed by atoms with van der Waals surface area (Å²) in [5.41, 5.74) is 1.38. The Morgan fingerprint density at radius 2 is 2.44 bits per heavy atom. The van der Waals surface area contributed by atoms with Gasteiger partial charge in [-0.15, -0.1) is 11.8 Å². The van der Waals surface area contributed by atoms with Crippen LogP contribution in [-0.2, 0) is 0 Å². The monoisotopic (exact) mass is 273 g/mol. The van der Waals surface area contributed by atoms with E-state index in [2.05, 4.69) is 23.7 Å². The summed E-state index contributed by atoms with van der Waals surface area (Å²) < 4.78 is 0. The molecule has 0 saturated carbocycles. The molecule has 1 nitrogen and oxygen atoms in total. The first-order chi connectivity index (χ1) is 7.83. The van der Waals surface area contributed by atoms with Crippen molar-refractivity contribution in [2.45, 2.75) is 17.4 Å². The third-order valence-corrected chi connectivity index (χ3v) is 4.95. The van der Waals surface area contributed by atoms with E-state index in [-0.39, 0.29) is 0 Å². The molecule has 1 heterocycles. The third kappa shape index (κ3) is 2.89. The number of thioether (sulfide) groups is 2. The molecule has 0 amide bonds. The van der Waals surface area contributed by atoms with Gasteiger partial charge in [0.15, 0.2) is 0 Å². The molecule has 1 unspecified atom stereocenters. The standard InChI is InChI=1S/C12H16ClNS2/c1-15-8-6-14-11-5-7-16-12-9(11)3-2-4-10(12)13/h2-4,11,14H,5-8H2,1H3. The van der Waals surface area contributed by atoms with E-state index in [1.807, 2.05) is 29.6 Å². The quantitative estimate of drug-likeness (QED) is 0.838. The maximum absolute atomic E-state index is 6.22. The van der Waals surface area contributed by atoms with Crippen LogP contribution in [0, 0.1) is 0 Å². The fourth-order valence-electron chi connectivity index (χ4n) is 1.93. The van der Waals surface area contributed by atoms with Crippen molar-refractivity contribution in [2.75, 3.05) is 24.3 Å². The molecule has 0 fully saturated rings. The van der Waals surface area contributed by atoms with Gasteiger partial charge in [-0.1, -0.05) is 23.7 Å². The Kier molecular flexibility index (Phi) is 4.89. The molecule has 0 saturated heterocycles. The Morgan fingerprint density at radius 1 is 1.56 bits per heavy atom. The molecular weight excluding hydrogens is 258 g/mol. The lowest BCUT2D eigenvalue weighted by Crippen LogP contribution is -2.26. The Labute approximate surface area is 111 Å².